The largest absolute Gasteiger partial charge is 0.484 e. The van der Waals surface area contributed by atoms with Crippen LogP contribution in [0.3, 0.4) is 0 Å². The Morgan fingerprint density at radius 2 is 2.13 bits per heavy atom. The van der Waals surface area contributed by atoms with Crippen LogP contribution in [0.25, 0.3) is 0 Å². The minimum Gasteiger partial charge on any atom is -0.484 e. The van der Waals surface area contributed by atoms with Gasteiger partial charge in [-0.15, -0.1) is 11.3 Å². The Morgan fingerprint density at radius 1 is 1.35 bits per heavy atom. The monoisotopic (exact) mass is 331 g/mol. The van der Waals surface area contributed by atoms with Crippen LogP contribution in [0, 0.1) is 0 Å². The van der Waals surface area contributed by atoms with Gasteiger partial charge in [0.05, 0.1) is 12.6 Å². The molecule has 0 spiro atoms. The van der Waals surface area contributed by atoms with E-state index in [-0.39, 0.29) is 25.2 Å². The first-order valence-electron chi connectivity index (χ1n) is 7.91. The number of nitrogens with zero attached hydrogens (tertiary/aromatic N) is 1. The van der Waals surface area contributed by atoms with Crippen molar-refractivity contribution < 1.29 is 14.6 Å². The van der Waals surface area contributed by atoms with E-state index in [2.05, 4.69) is 18.4 Å². The third-order valence-electron chi connectivity index (χ3n) is 4.27. The molecule has 1 aromatic heterocycles. The number of aliphatic hydroxyl groups is 1. The Morgan fingerprint density at radius 3 is 2.83 bits per heavy atom. The molecule has 4 nitrogen and oxygen atoms in total. The van der Waals surface area contributed by atoms with E-state index in [1.807, 2.05) is 4.90 Å². The predicted octanol–water partition coefficient (Wildman–Crippen LogP) is 3.16. The lowest BCUT2D eigenvalue weighted by Crippen LogP contribution is -2.41. The number of ether oxygens (including phenoxy) is 1. The molecule has 1 N–H and O–H groups in total. The average Bonchev–Trinajstić information content (AvgIpc) is 3.07. The number of amides is 1. The van der Waals surface area contributed by atoms with E-state index >= 15 is 0 Å². The Kier molecular flexibility index (Phi) is 4.98. The van der Waals surface area contributed by atoms with Crippen molar-refractivity contribution in [2.75, 3.05) is 13.2 Å². The van der Waals surface area contributed by atoms with Crippen LogP contribution in [-0.4, -0.2) is 29.1 Å². The highest BCUT2D eigenvalue weighted by atomic mass is 32.1. The molecule has 1 unspecified atom stereocenters. The molecule has 1 amide bonds. The number of hydrogen-bond acceptors (Lipinski definition) is 4. The van der Waals surface area contributed by atoms with Gasteiger partial charge in [0, 0.05) is 11.4 Å². The van der Waals surface area contributed by atoms with Gasteiger partial charge in [-0.3, -0.25) is 4.79 Å². The second kappa shape index (κ2) is 7.15. The number of carbonyl (C=O) groups is 1. The highest BCUT2D eigenvalue weighted by molar-refractivity contribution is 7.10. The minimum atomic E-state index is 0.00808. The van der Waals surface area contributed by atoms with Gasteiger partial charge in [-0.1, -0.05) is 19.1 Å². The van der Waals surface area contributed by atoms with Crippen molar-refractivity contribution in [2.45, 2.75) is 32.4 Å². The van der Waals surface area contributed by atoms with E-state index in [1.54, 1.807) is 35.6 Å². The molecule has 122 valence electrons. The summed E-state index contributed by atoms with van der Waals surface area (Å²) in [5.74, 6) is 0.678. The van der Waals surface area contributed by atoms with Crippen LogP contribution in [-0.2, 0) is 17.8 Å². The van der Waals surface area contributed by atoms with Crippen molar-refractivity contribution in [1.29, 1.82) is 0 Å². The number of aliphatic hydroxyl groups excluding tert-OH is 1. The van der Waals surface area contributed by atoms with Crippen LogP contribution in [0.1, 0.15) is 35.4 Å². The smallest absolute Gasteiger partial charge is 0.261 e. The van der Waals surface area contributed by atoms with Crippen molar-refractivity contribution in [2.24, 2.45) is 0 Å². The Bertz CT molecular complexity index is 665. The van der Waals surface area contributed by atoms with Crippen molar-refractivity contribution in [1.82, 2.24) is 4.90 Å². The maximum atomic E-state index is 12.6. The lowest BCUT2D eigenvalue weighted by Gasteiger charge is -2.35. The molecule has 2 aromatic rings. The molecular formula is C18H21NO3S. The topological polar surface area (TPSA) is 49.8 Å². The maximum Gasteiger partial charge on any atom is 0.261 e. The lowest BCUT2D eigenvalue weighted by atomic mass is 9.98. The zero-order valence-electron chi connectivity index (χ0n) is 13.2. The normalized spacial score (nSPS) is 17.0. The third-order valence-corrected chi connectivity index (χ3v) is 5.27. The Labute approximate surface area is 140 Å². The standard InChI is InChI=1S/C18H21NO3S/c1-2-16-15-8-10-23-17(15)7-9-19(16)18(21)12-22-14-5-3-13(11-20)4-6-14/h3-6,8,10,16,20H,2,7,9,11-12H2,1H3. The van der Waals surface area contributed by atoms with Gasteiger partial charge in [0.25, 0.3) is 5.91 Å². The molecule has 0 aliphatic carbocycles. The predicted molar refractivity (Wildman–Crippen MR) is 90.6 cm³/mol. The fourth-order valence-corrected chi connectivity index (χ4v) is 3.98. The number of thiophene rings is 1. The van der Waals surface area contributed by atoms with E-state index in [0.29, 0.717) is 5.75 Å². The first kappa shape index (κ1) is 16.0. The van der Waals surface area contributed by atoms with Gasteiger partial charge in [-0.2, -0.15) is 0 Å². The Hall–Kier alpha value is -1.85. The number of benzene rings is 1. The summed E-state index contributed by atoms with van der Waals surface area (Å²) in [5, 5.41) is 11.1. The molecule has 3 rings (SSSR count). The molecule has 0 saturated heterocycles. The van der Waals surface area contributed by atoms with Gasteiger partial charge in [-0.25, -0.2) is 0 Å². The van der Waals surface area contributed by atoms with Gasteiger partial charge < -0.3 is 14.7 Å². The van der Waals surface area contributed by atoms with Gasteiger partial charge in [0.1, 0.15) is 5.75 Å². The molecule has 1 aromatic carbocycles. The average molecular weight is 331 g/mol. The molecule has 1 atom stereocenters. The number of rotatable bonds is 5. The fourth-order valence-electron chi connectivity index (χ4n) is 3.05. The van der Waals surface area contributed by atoms with Crippen LogP contribution < -0.4 is 4.74 Å². The van der Waals surface area contributed by atoms with Crippen molar-refractivity contribution in [3.05, 3.63) is 51.7 Å². The fraction of sp³-hybridized carbons (Fsp3) is 0.389. The van der Waals surface area contributed by atoms with E-state index < -0.39 is 0 Å². The number of carbonyl (C=O) groups excluding carboxylic acids is 1. The van der Waals surface area contributed by atoms with E-state index in [0.717, 1.165) is 24.9 Å². The summed E-state index contributed by atoms with van der Waals surface area (Å²) < 4.78 is 5.61. The van der Waals surface area contributed by atoms with Crippen molar-refractivity contribution >= 4 is 17.2 Å². The first-order valence-corrected chi connectivity index (χ1v) is 8.79. The van der Waals surface area contributed by atoms with Gasteiger partial charge in [0.15, 0.2) is 6.61 Å². The molecule has 0 bridgehead atoms. The number of hydrogen-bond donors (Lipinski definition) is 1. The molecule has 1 aliphatic heterocycles. The summed E-state index contributed by atoms with van der Waals surface area (Å²) in [6, 6.07) is 9.47. The van der Waals surface area contributed by atoms with Crippen molar-refractivity contribution in [3.8, 4) is 5.75 Å². The quantitative estimate of drug-likeness (QED) is 0.915. The van der Waals surface area contributed by atoms with Crippen LogP contribution in [0.15, 0.2) is 35.7 Å². The second-order valence-corrected chi connectivity index (χ2v) is 6.65. The Balaban J connectivity index is 1.63. The molecule has 0 radical (unpaired) electrons. The van der Waals surface area contributed by atoms with Crippen LogP contribution in [0.5, 0.6) is 5.75 Å². The van der Waals surface area contributed by atoms with Crippen LogP contribution in [0.2, 0.25) is 0 Å². The summed E-state index contributed by atoms with van der Waals surface area (Å²) in [4.78, 5) is 15.9. The maximum absolute atomic E-state index is 12.6. The summed E-state index contributed by atoms with van der Waals surface area (Å²) in [7, 11) is 0. The van der Waals surface area contributed by atoms with E-state index in [1.165, 1.54) is 10.4 Å². The molecule has 5 heteroatoms. The zero-order valence-corrected chi connectivity index (χ0v) is 14.0. The minimum absolute atomic E-state index is 0.00808. The van der Waals surface area contributed by atoms with E-state index in [4.69, 9.17) is 9.84 Å². The van der Waals surface area contributed by atoms with Gasteiger partial charge >= 0.3 is 0 Å². The third kappa shape index (κ3) is 3.41. The highest BCUT2D eigenvalue weighted by Crippen LogP contribution is 2.35. The number of fused-ring (bicyclic) bond motifs is 1. The summed E-state index contributed by atoms with van der Waals surface area (Å²) in [5.41, 5.74) is 2.13. The molecule has 0 saturated carbocycles. The first-order chi connectivity index (χ1) is 11.2. The lowest BCUT2D eigenvalue weighted by molar-refractivity contribution is -0.136. The highest BCUT2D eigenvalue weighted by Gasteiger charge is 2.30. The summed E-state index contributed by atoms with van der Waals surface area (Å²) >= 11 is 1.78. The van der Waals surface area contributed by atoms with Gasteiger partial charge in [-0.05, 0) is 47.5 Å². The molecular weight excluding hydrogens is 310 g/mol. The van der Waals surface area contributed by atoms with E-state index in [9.17, 15) is 4.79 Å². The summed E-state index contributed by atoms with van der Waals surface area (Å²) in [6.45, 7) is 2.94. The molecule has 0 fully saturated rings. The molecule has 23 heavy (non-hydrogen) atoms. The van der Waals surface area contributed by atoms with Crippen molar-refractivity contribution in [3.63, 3.8) is 0 Å². The second-order valence-electron chi connectivity index (χ2n) is 5.65. The van der Waals surface area contributed by atoms with Crippen LogP contribution in [0.4, 0.5) is 0 Å². The van der Waals surface area contributed by atoms with Gasteiger partial charge in [0.2, 0.25) is 0 Å². The SMILES string of the molecule is CCC1c2ccsc2CCN1C(=O)COc1ccc(CO)cc1. The molecule has 2 heterocycles. The zero-order chi connectivity index (χ0) is 16.2. The van der Waals surface area contributed by atoms with Crippen LogP contribution >= 0.6 is 11.3 Å². The summed E-state index contributed by atoms with van der Waals surface area (Å²) in [6.07, 6.45) is 1.85. The molecule has 1 aliphatic rings.